The number of aromatic nitrogens is 4. The number of amides is 2. The summed E-state index contributed by atoms with van der Waals surface area (Å²) in [4.78, 5) is 40.8. The van der Waals surface area contributed by atoms with E-state index in [-0.39, 0.29) is 17.0 Å². The number of carbonyl (C=O) groups excluding carboxylic acids is 2. The van der Waals surface area contributed by atoms with Gasteiger partial charge in [0.2, 0.25) is 5.91 Å². The molecule has 0 bridgehead atoms. The highest BCUT2D eigenvalue weighted by atomic mass is 32.2. The van der Waals surface area contributed by atoms with Gasteiger partial charge in [-0.25, -0.2) is 10.1 Å². The number of nitrogens with zero attached hydrogens (tertiary/aromatic N) is 3. The van der Waals surface area contributed by atoms with Crippen molar-refractivity contribution in [2.75, 3.05) is 5.75 Å². The fourth-order valence-electron chi connectivity index (χ4n) is 2.89. The van der Waals surface area contributed by atoms with E-state index in [4.69, 9.17) is 0 Å². The van der Waals surface area contributed by atoms with Crippen LogP contribution in [0, 0.1) is 0 Å². The van der Waals surface area contributed by atoms with Gasteiger partial charge in [0.25, 0.3) is 11.5 Å². The SMILES string of the molecule is Cn1c(SCC(=O)NNC(=O)c2n[nH]c(=O)c3ccccc23)nc2ccccc21. The third-order valence-corrected chi connectivity index (χ3v) is 5.33. The van der Waals surface area contributed by atoms with Crippen LogP contribution in [0.4, 0.5) is 0 Å². The Kier molecular flexibility index (Phi) is 5.00. The molecule has 29 heavy (non-hydrogen) atoms. The van der Waals surface area contributed by atoms with E-state index in [2.05, 4.69) is 26.0 Å². The van der Waals surface area contributed by atoms with E-state index in [0.717, 1.165) is 11.0 Å². The Morgan fingerprint density at radius 3 is 2.59 bits per heavy atom. The largest absolute Gasteiger partial charge is 0.322 e. The van der Waals surface area contributed by atoms with Gasteiger partial charge in [0.15, 0.2) is 10.9 Å². The molecule has 2 aromatic heterocycles. The molecule has 4 aromatic rings. The van der Waals surface area contributed by atoms with Crippen molar-refractivity contribution in [2.45, 2.75) is 5.16 Å². The Bertz CT molecular complexity index is 1300. The molecule has 2 aromatic carbocycles. The lowest BCUT2D eigenvalue weighted by Gasteiger charge is -2.08. The van der Waals surface area contributed by atoms with Crippen LogP contribution in [0.3, 0.4) is 0 Å². The van der Waals surface area contributed by atoms with Crippen molar-refractivity contribution in [3.8, 4) is 0 Å². The zero-order valence-electron chi connectivity index (χ0n) is 15.3. The van der Waals surface area contributed by atoms with Gasteiger partial charge in [0.1, 0.15) is 0 Å². The highest BCUT2D eigenvalue weighted by Gasteiger charge is 2.15. The maximum atomic E-state index is 12.4. The molecule has 0 atom stereocenters. The topological polar surface area (TPSA) is 122 Å². The van der Waals surface area contributed by atoms with Gasteiger partial charge in [-0.05, 0) is 18.2 Å². The molecule has 9 nitrogen and oxygen atoms in total. The second-order valence-corrected chi connectivity index (χ2v) is 7.12. The number of hydrazine groups is 1. The van der Waals surface area contributed by atoms with E-state index >= 15 is 0 Å². The van der Waals surface area contributed by atoms with Crippen molar-refractivity contribution in [1.29, 1.82) is 0 Å². The van der Waals surface area contributed by atoms with Gasteiger partial charge in [-0.15, -0.1) is 0 Å². The van der Waals surface area contributed by atoms with Crippen LogP contribution in [0.25, 0.3) is 21.8 Å². The molecule has 2 heterocycles. The number of aryl methyl sites for hydroxylation is 1. The molecule has 2 amide bonds. The Hall–Kier alpha value is -3.66. The minimum atomic E-state index is -0.626. The summed E-state index contributed by atoms with van der Waals surface area (Å²) >= 11 is 1.26. The Labute approximate surface area is 168 Å². The van der Waals surface area contributed by atoms with Gasteiger partial charge in [-0.3, -0.25) is 25.2 Å². The molecule has 0 radical (unpaired) electrons. The molecule has 0 aliphatic heterocycles. The number of carbonyl (C=O) groups is 2. The van der Waals surface area contributed by atoms with Crippen LogP contribution >= 0.6 is 11.8 Å². The average Bonchev–Trinajstić information content (AvgIpc) is 3.07. The average molecular weight is 408 g/mol. The summed E-state index contributed by atoms with van der Waals surface area (Å²) in [6, 6.07) is 14.3. The molecule has 10 heteroatoms. The summed E-state index contributed by atoms with van der Waals surface area (Å²) in [5.41, 5.74) is 6.13. The molecular weight excluding hydrogens is 392 g/mol. The Morgan fingerprint density at radius 1 is 1.07 bits per heavy atom. The van der Waals surface area contributed by atoms with Crippen molar-refractivity contribution >= 4 is 45.4 Å². The number of hydrogen-bond donors (Lipinski definition) is 3. The lowest BCUT2D eigenvalue weighted by Crippen LogP contribution is -2.43. The van der Waals surface area contributed by atoms with Gasteiger partial charge < -0.3 is 4.57 Å². The van der Waals surface area contributed by atoms with Crippen molar-refractivity contribution in [2.24, 2.45) is 7.05 Å². The monoisotopic (exact) mass is 408 g/mol. The number of H-pyrrole nitrogens is 1. The number of para-hydroxylation sites is 2. The fraction of sp³-hybridized carbons (Fsp3) is 0.105. The zero-order chi connectivity index (χ0) is 20.4. The summed E-state index contributed by atoms with van der Waals surface area (Å²) in [5.74, 6) is -0.959. The van der Waals surface area contributed by atoms with Crippen LogP contribution in [0.1, 0.15) is 10.5 Å². The molecule has 0 aliphatic carbocycles. The maximum Gasteiger partial charge on any atom is 0.290 e. The van der Waals surface area contributed by atoms with Gasteiger partial charge in [-0.2, -0.15) is 5.10 Å². The molecule has 0 saturated heterocycles. The van der Waals surface area contributed by atoms with Gasteiger partial charge >= 0.3 is 0 Å². The maximum absolute atomic E-state index is 12.4. The smallest absolute Gasteiger partial charge is 0.290 e. The van der Waals surface area contributed by atoms with Crippen LogP contribution in [0.5, 0.6) is 0 Å². The second kappa shape index (κ2) is 7.76. The summed E-state index contributed by atoms with van der Waals surface area (Å²) in [6.45, 7) is 0. The Balaban J connectivity index is 1.40. The number of aromatic amines is 1. The molecule has 0 unspecified atom stereocenters. The van der Waals surface area contributed by atoms with Crippen LogP contribution in [-0.4, -0.2) is 37.3 Å². The molecule has 4 rings (SSSR count). The van der Waals surface area contributed by atoms with E-state index in [9.17, 15) is 14.4 Å². The fourth-order valence-corrected chi connectivity index (χ4v) is 3.68. The number of imidazole rings is 1. The van der Waals surface area contributed by atoms with E-state index in [1.54, 1.807) is 24.3 Å². The third kappa shape index (κ3) is 3.69. The van der Waals surface area contributed by atoms with Gasteiger partial charge in [0, 0.05) is 12.4 Å². The van der Waals surface area contributed by atoms with E-state index in [1.807, 2.05) is 35.9 Å². The summed E-state index contributed by atoms with van der Waals surface area (Å²) in [7, 11) is 1.88. The van der Waals surface area contributed by atoms with Gasteiger partial charge in [-0.1, -0.05) is 42.1 Å². The van der Waals surface area contributed by atoms with Crippen molar-refractivity contribution in [3.05, 3.63) is 64.6 Å². The standard InChI is InChI=1S/C19H16N6O3S/c1-25-14-9-5-4-8-13(14)20-19(25)29-10-15(26)21-24-18(28)16-11-6-2-3-7-12(11)17(27)23-22-16/h2-9H,10H2,1H3,(H,21,26)(H,23,27)(H,24,28). The molecule has 0 aliphatic rings. The number of fused-ring (bicyclic) bond motifs is 2. The molecule has 146 valence electrons. The highest BCUT2D eigenvalue weighted by Crippen LogP contribution is 2.22. The van der Waals surface area contributed by atoms with E-state index in [1.165, 1.54) is 11.8 Å². The number of rotatable bonds is 4. The highest BCUT2D eigenvalue weighted by molar-refractivity contribution is 7.99. The third-order valence-electron chi connectivity index (χ3n) is 4.31. The normalized spacial score (nSPS) is 10.9. The predicted molar refractivity (Wildman–Crippen MR) is 109 cm³/mol. The molecule has 0 saturated carbocycles. The van der Waals surface area contributed by atoms with Crippen molar-refractivity contribution in [1.82, 2.24) is 30.6 Å². The first kappa shape index (κ1) is 18.7. The van der Waals surface area contributed by atoms with Crippen LogP contribution < -0.4 is 16.4 Å². The summed E-state index contributed by atoms with van der Waals surface area (Å²) in [5, 5.41) is 7.52. The van der Waals surface area contributed by atoms with Crippen LogP contribution in [0.15, 0.2) is 58.5 Å². The Morgan fingerprint density at radius 2 is 1.79 bits per heavy atom. The first-order chi connectivity index (χ1) is 14.0. The molecular formula is C19H16N6O3S. The quantitative estimate of drug-likeness (QED) is 0.346. The lowest BCUT2D eigenvalue weighted by molar-refractivity contribution is -0.119. The van der Waals surface area contributed by atoms with Crippen LogP contribution in [-0.2, 0) is 11.8 Å². The summed E-state index contributed by atoms with van der Waals surface area (Å²) < 4.78 is 1.90. The molecule has 0 fully saturated rings. The number of hydrogen-bond acceptors (Lipinski definition) is 6. The minimum absolute atomic E-state index is 0.0171. The molecule has 3 N–H and O–H groups in total. The minimum Gasteiger partial charge on any atom is -0.322 e. The van der Waals surface area contributed by atoms with Crippen LogP contribution in [0.2, 0.25) is 0 Å². The lowest BCUT2D eigenvalue weighted by atomic mass is 10.1. The number of benzene rings is 2. The number of thioether (sulfide) groups is 1. The first-order valence-electron chi connectivity index (χ1n) is 8.65. The van der Waals surface area contributed by atoms with E-state index in [0.29, 0.717) is 15.9 Å². The van der Waals surface area contributed by atoms with E-state index < -0.39 is 11.8 Å². The van der Waals surface area contributed by atoms with Gasteiger partial charge in [0.05, 0.1) is 22.2 Å². The molecule has 0 spiro atoms. The van der Waals surface area contributed by atoms with Crippen molar-refractivity contribution in [3.63, 3.8) is 0 Å². The first-order valence-corrected chi connectivity index (χ1v) is 9.64. The second-order valence-electron chi connectivity index (χ2n) is 6.18. The number of nitrogens with one attached hydrogen (secondary N) is 3. The zero-order valence-corrected chi connectivity index (χ0v) is 16.1. The van der Waals surface area contributed by atoms with Crippen molar-refractivity contribution < 1.29 is 9.59 Å². The predicted octanol–water partition coefficient (Wildman–Crippen LogP) is 1.36. The summed E-state index contributed by atoms with van der Waals surface area (Å²) in [6.07, 6.45) is 0.